The largest absolute Gasteiger partial charge is 0.287 e. The Bertz CT molecular complexity index is 542. The number of nitrogens with zero attached hydrogens (tertiary/aromatic N) is 2. The van der Waals surface area contributed by atoms with Gasteiger partial charge in [0, 0.05) is 18.2 Å². The van der Waals surface area contributed by atoms with Crippen LogP contribution in [0.5, 0.6) is 0 Å². The number of benzene rings is 1. The lowest BCUT2D eigenvalue weighted by Gasteiger charge is -2.18. The van der Waals surface area contributed by atoms with Crippen LogP contribution in [-0.2, 0) is 0 Å². The van der Waals surface area contributed by atoms with E-state index in [0.717, 1.165) is 0 Å². The quantitative estimate of drug-likeness (QED) is 0.621. The Balaban J connectivity index is 2.27. The van der Waals surface area contributed by atoms with Gasteiger partial charge in [0.1, 0.15) is 4.32 Å². The Morgan fingerprint density at radius 2 is 2.12 bits per heavy atom. The summed E-state index contributed by atoms with van der Waals surface area (Å²) in [5, 5.41) is 9.01. The molecule has 4 heteroatoms. The Kier molecular flexibility index (Phi) is 3.21. The van der Waals surface area contributed by atoms with Gasteiger partial charge in [-0.05, 0) is 6.08 Å². The van der Waals surface area contributed by atoms with E-state index in [0.29, 0.717) is 11.3 Å². The molecule has 0 spiro atoms. The van der Waals surface area contributed by atoms with Gasteiger partial charge in [-0.3, -0.25) is 9.79 Å². The van der Waals surface area contributed by atoms with Crippen molar-refractivity contribution in [2.75, 3.05) is 0 Å². The summed E-state index contributed by atoms with van der Waals surface area (Å²) in [4.78, 5) is 16.2. The molecular weight excluding hydrogens is 280 g/mol. The summed E-state index contributed by atoms with van der Waals surface area (Å²) in [7, 11) is 0. The fraction of sp³-hybridized carbons (Fsp3) is 0.154. The number of alkyl halides is 1. The highest BCUT2D eigenvalue weighted by Gasteiger charge is 2.30. The second kappa shape index (κ2) is 4.64. The minimum atomic E-state index is -0.811. The van der Waals surface area contributed by atoms with Gasteiger partial charge in [0.15, 0.2) is 0 Å². The molecule has 0 saturated heterocycles. The molecule has 0 N–H and O–H groups in total. The molecule has 0 aliphatic carbocycles. The number of carbonyl (C=O) groups is 1. The number of hydrogen-bond donors (Lipinski definition) is 0. The van der Waals surface area contributed by atoms with Gasteiger partial charge >= 0.3 is 0 Å². The summed E-state index contributed by atoms with van der Waals surface area (Å²) >= 11 is 3.30. The zero-order valence-electron chi connectivity index (χ0n) is 8.93. The van der Waals surface area contributed by atoms with Gasteiger partial charge in [0.25, 0.3) is 0 Å². The van der Waals surface area contributed by atoms with Crippen molar-refractivity contribution < 1.29 is 4.79 Å². The van der Waals surface area contributed by atoms with Crippen molar-refractivity contribution in [2.45, 2.75) is 10.7 Å². The fourth-order valence-electron chi connectivity index (χ4n) is 1.57. The molecular formula is C13H9BrN2O. The molecule has 17 heavy (non-hydrogen) atoms. The number of nitriles is 1. The maximum absolute atomic E-state index is 12.1. The van der Waals surface area contributed by atoms with Crippen LogP contribution in [0, 0.1) is 11.3 Å². The van der Waals surface area contributed by atoms with Crippen LogP contribution in [0.25, 0.3) is 0 Å². The third-order valence-electron chi connectivity index (χ3n) is 2.48. The van der Waals surface area contributed by atoms with E-state index in [9.17, 15) is 4.79 Å². The average molecular weight is 289 g/mol. The number of allylic oxidation sites excluding steroid dienone is 1. The van der Waals surface area contributed by atoms with E-state index < -0.39 is 4.32 Å². The molecule has 3 nitrogen and oxygen atoms in total. The number of aliphatic imine (C=N–C) groups is 1. The maximum atomic E-state index is 12.1. The second-order valence-electron chi connectivity index (χ2n) is 3.74. The van der Waals surface area contributed by atoms with Crippen molar-refractivity contribution in [3.63, 3.8) is 0 Å². The van der Waals surface area contributed by atoms with Gasteiger partial charge in [-0.2, -0.15) is 5.26 Å². The van der Waals surface area contributed by atoms with Crippen LogP contribution in [0.1, 0.15) is 16.8 Å². The van der Waals surface area contributed by atoms with E-state index in [4.69, 9.17) is 5.26 Å². The normalized spacial score (nSPS) is 22.7. The smallest absolute Gasteiger partial charge is 0.207 e. The number of Topliss-reactive ketones (excluding diaryl/α,β-unsaturated/α-hetero) is 1. The van der Waals surface area contributed by atoms with Crippen LogP contribution < -0.4 is 0 Å². The van der Waals surface area contributed by atoms with Crippen LogP contribution >= 0.6 is 15.9 Å². The first-order chi connectivity index (χ1) is 8.14. The summed E-state index contributed by atoms with van der Waals surface area (Å²) in [5.41, 5.74) is 0.992. The summed E-state index contributed by atoms with van der Waals surface area (Å²) in [5.74, 6) is -0.131. The van der Waals surface area contributed by atoms with Crippen LogP contribution in [0.15, 0.2) is 47.6 Å². The molecule has 1 aromatic rings. The predicted octanol–water partition coefficient (Wildman–Crippen LogP) is 2.88. The number of rotatable bonds is 2. The van der Waals surface area contributed by atoms with Crippen molar-refractivity contribution in [3.8, 4) is 6.07 Å². The third kappa shape index (κ3) is 2.51. The van der Waals surface area contributed by atoms with Crippen LogP contribution in [0.2, 0.25) is 0 Å². The van der Waals surface area contributed by atoms with Crippen molar-refractivity contribution in [3.05, 3.63) is 48.2 Å². The highest BCUT2D eigenvalue weighted by molar-refractivity contribution is 9.10. The topological polar surface area (TPSA) is 53.2 Å². The molecule has 1 atom stereocenters. The van der Waals surface area contributed by atoms with Gasteiger partial charge in [-0.25, -0.2) is 0 Å². The lowest BCUT2D eigenvalue weighted by atomic mass is 9.95. The van der Waals surface area contributed by atoms with E-state index in [1.165, 1.54) is 6.20 Å². The van der Waals surface area contributed by atoms with Crippen molar-refractivity contribution in [2.24, 2.45) is 4.99 Å². The first-order valence-corrected chi connectivity index (χ1v) is 5.88. The maximum Gasteiger partial charge on any atom is 0.207 e. The molecule has 0 bridgehead atoms. The predicted molar refractivity (Wildman–Crippen MR) is 69.2 cm³/mol. The molecule has 2 rings (SSSR count). The molecule has 0 radical (unpaired) electrons. The Labute approximate surface area is 108 Å². The van der Waals surface area contributed by atoms with E-state index in [-0.39, 0.29) is 12.2 Å². The molecule has 0 aromatic heterocycles. The van der Waals surface area contributed by atoms with Crippen LogP contribution in [0.4, 0.5) is 0 Å². The Hall–Kier alpha value is -1.73. The molecule has 84 valence electrons. The van der Waals surface area contributed by atoms with E-state index in [2.05, 4.69) is 27.0 Å². The van der Waals surface area contributed by atoms with Gasteiger partial charge in [0.05, 0.1) is 11.8 Å². The van der Waals surface area contributed by atoms with Crippen LogP contribution in [-0.4, -0.2) is 15.8 Å². The monoisotopic (exact) mass is 288 g/mol. The molecule has 1 aliphatic heterocycles. The minimum Gasteiger partial charge on any atom is -0.287 e. The van der Waals surface area contributed by atoms with Gasteiger partial charge in [0.2, 0.25) is 5.78 Å². The summed E-state index contributed by atoms with van der Waals surface area (Å²) < 4.78 is -0.811. The average Bonchev–Trinajstić information content (AvgIpc) is 2.39. The first kappa shape index (κ1) is 11.7. The second-order valence-corrected chi connectivity index (χ2v) is 5.15. The minimum absolute atomic E-state index is 0.131. The molecule has 0 amide bonds. The van der Waals surface area contributed by atoms with E-state index in [1.54, 1.807) is 30.3 Å². The van der Waals surface area contributed by atoms with Gasteiger partial charge in [-0.1, -0.05) is 46.3 Å². The van der Waals surface area contributed by atoms with Crippen molar-refractivity contribution in [1.29, 1.82) is 5.26 Å². The summed E-state index contributed by atoms with van der Waals surface area (Å²) in [6.07, 6.45) is 3.43. The fourth-order valence-corrected chi connectivity index (χ4v) is 1.95. The first-order valence-electron chi connectivity index (χ1n) is 5.09. The molecule has 0 fully saturated rings. The standard InChI is InChI=1S/C13H9BrN2O/c14-13(9-15)6-7-16-11(8-13)12(17)10-4-2-1-3-5-10/h1-7H,8H2. The molecule has 1 aliphatic rings. The van der Waals surface area contributed by atoms with E-state index >= 15 is 0 Å². The Morgan fingerprint density at radius 1 is 1.41 bits per heavy atom. The summed E-state index contributed by atoms with van der Waals surface area (Å²) in [6.45, 7) is 0. The van der Waals surface area contributed by atoms with Crippen molar-refractivity contribution >= 4 is 27.4 Å². The summed E-state index contributed by atoms with van der Waals surface area (Å²) in [6, 6.07) is 11.1. The molecule has 1 unspecified atom stereocenters. The number of hydrogen-bond acceptors (Lipinski definition) is 3. The van der Waals surface area contributed by atoms with Gasteiger partial charge < -0.3 is 0 Å². The lowest BCUT2D eigenvalue weighted by Crippen LogP contribution is -2.27. The van der Waals surface area contributed by atoms with Gasteiger partial charge in [-0.15, -0.1) is 0 Å². The third-order valence-corrected chi connectivity index (χ3v) is 3.20. The Morgan fingerprint density at radius 3 is 2.76 bits per heavy atom. The SMILES string of the molecule is N#CC1(Br)C=CN=C(C(=O)c2ccccc2)C1. The molecule has 0 saturated carbocycles. The zero-order valence-corrected chi connectivity index (χ0v) is 10.5. The number of halogens is 1. The zero-order chi connectivity index (χ0) is 12.3. The number of ketones is 1. The molecule has 1 heterocycles. The number of carbonyl (C=O) groups excluding carboxylic acids is 1. The lowest BCUT2D eigenvalue weighted by molar-refractivity contribution is 0.106. The highest BCUT2D eigenvalue weighted by atomic mass is 79.9. The van der Waals surface area contributed by atoms with Crippen molar-refractivity contribution in [1.82, 2.24) is 0 Å². The molecule has 1 aromatic carbocycles. The highest BCUT2D eigenvalue weighted by Crippen LogP contribution is 2.28. The van der Waals surface area contributed by atoms with Crippen LogP contribution in [0.3, 0.4) is 0 Å². The van der Waals surface area contributed by atoms with E-state index in [1.807, 2.05) is 6.07 Å².